The van der Waals surface area contributed by atoms with Crippen LogP contribution in [-0.2, 0) is 9.53 Å². The number of esters is 1. The lowest BCUT2D eigenvalue weighted by molar-refractivity contribution is -0.147. The monoisotopic (exact) mass is 375 g/mol. The van der Waals surface area contributed by atoms with Crippen LogP contribution in [0.15, 0.2) is 59.1 Å². The van der Waals surface area contributed by atoms with Gasteiger partial charge in [0.15, 0.2) is 5.78 Å². The number of nitrogens with one attached hydrogen (secondary N) is 1. The fourth-order valence-corrected chi connectivity index (χ4v) is 2.63. The van der Waals surface area contributed by atoms with Crippen molar-refractivity contribution in [3.8, 4) is 0 Å². The van der Waals surface area contributed by atoms with Crippen molar-refractivity contribution in [1.82, 2.24) is 5.32 Å². The molecule has 0 amide bonds. The first-order chi connectivity index (χ1) is 11.0. The van der Waals surface area contributed by atoms with Gasteiger partial charge in [0.25, 0.3) is 0 Å². The maximum absolute atomic E-state index is 12.8. The Hall–Kier alpha value is -1.98. The molecule has 2 atom stereocenters. The molecule has 0 spiro atoms. The van der Waals surface area contributed by atoms with Crippen LogP contribution in [0.3, 0.4) is 0 Å². The molecule has 0 bridgehead atoms. The highest BCUT2D eigenvalue weighted by atomic mass is 79.9. The number of benzene rings is 2. The van der Waals surface area contributed by atoms with Gasteiger partial charge in [-0.25, -0.2) is 0 Å². The van der Waals surface area contributed by atoms with Crippen LogP contribution in [0.1, 0.15) is 28.9 Å². The summed E-state index contributed by atoms with van der Waals surface area (Å²) in [6, 6.07) is 15.7. The van der Waals surface area contributed by atoms with Crippen molar-refractivity contribution in [2.45, 2.75) is 19.1 Å². The molecule has 23 heavy (non-hydrogen) atoms. The van der Waals surface area contributed by atoms with Crippen LogP contribution in [0.25, 0.3) is 0 Å². The Kier molecular flexibility index (Phi) is 6.07. The van der Waals surface area contributed by atoms with E-state index in [2.05, 4.69) is 21.2 Å². The zero-order valence-electron chi connectivity index (χ0n) is 13.0. The molecule has 120 valence electrons. The predicted octanol–water partition coefficient (Wildman–Crippen LogP) is 3.52. The summed E-state index contributed by atoms with van der Waals surface area (Å²) in [7, 11) is 1.68. The van der Waals surface area contributed by atoms with E-state index in [0.29, 0.717) is 5.56 Å². The van der Waals surface area contributed by atoms with Gasteiger partial charge in [0.05, 0.1) is 0 Å². The van der Waals surface area contributed by atoms with Gasteiger partial charge < -0.3 is 10.1 Å². The molecule has 0 fully saturated rings. The Morgan fingerprint density at radius 1 is 1.04 bits per heavy atom. The fourth-order valence-electron chi connectivity index (χ4n) is 2.36. The van der Waals surface area contributed by atoms with Gasteiger partial charge in [-0.05, 0) is 24.7 Å². The molecule has 4 nitrogen and oxygen atoms in total. The van der Waals surface area contributed by atoms with Crippen molar-refractivity contribution in [3.05, 3.63) is 70.2 Å². The van der Waals surface area contributed by atoms with Gasteiger partial charge in [-0.3, -0.25) is 9.59 Å². The van der Waals surface area contributed by atoms with E-state index in [1.807, 2.05) is 42.5 Å². The van der Waals surface area contributed by atoms with Gasteiger partial charge in [0, 0.05) is 17.0 Å². The molecule has 0 heterocycles. The molecule has 1 N–H and O–H groups in total. The molecule has 0 aliphatic heterocycles. The van der Waals surface area contributed by atoms with E-state index >= 15 is 0 Å². The minimum atomic E-state index is -0.685. The van der Waals surface area contributed by atoms with Crippen LogP contribution in [0.4, 0.5) is 0 Å². The third-order valence-corrected chi connectivity index (χ3v) is 3.97. The summed E-state index contributed by atoms with van der Waals surface area (Å²) in [4.78, 5) is 24.3. The average Bonchev–Trinajstić information content (AvgIpc) is 2.55. The number of hydrogen-bond acceptors (Lipinski definition) is 4. The normalized spacial score (nSPS) is 13.2. The SMILES string of the molecule is CNC(C(=O)c1ccc(Br)cc1)C(OC(C)=O)c1ccccc1. The maximum atomic E-state index is 12.8. The number of halogens is 1. The number of Topliss-reactive ketones (excluding diaryl/α,β-unsaturated/α-hetero) is 1. The predicted molar refractivity (Wildman–Crippen MR) is 92.3 cm³/mol. The van der Waals surface area contributed by atoms with Crippen molar-refractivity contribution in [2.75, 3.05) is 7.05 Å². The van der Waals surface area contributed by atoms with E-state index in [0.717, 1.165) is 10.0 Å². The lowest BCUT2D eigenvalue weighted by Crippen LogP contribution is -2.41. The Bertz CT molecular complexity index is 670. The number of ether oxygens (including phenoxy) is 1. The standard InChI is InChI=1S/C18H18BrNO3/c1-12(21)23-18(14-6-4-3-5-7-14)16(20-2)17(22)13-8-10-15(19)11-9-13/h3-11,16,18,20H,1-2H3. The fraction of sp³-hybridized carbons (Fsp3) is 0.222. The lowest BCUT2D eigenvalue weighted by Gasteiger charge is -2.26. The van der Waals surface area contributed by atoms with Crippen molar-refractivity contribution in [2.24, 2.45) is 0 Å². The van der Waals surface area contributed by atoms with E-state index in [1.165, 1.54) is 6.92 Å². The van der Waals surface area contributed by atoms with Crippen molar-refractivity contribution >= 4 is 27.7 Å². The van der Waals surface area contributed by atoms with Gasteiger partial charge in [-0.2, -0.15) is 0 Å². The molecule has 0 saturated heterocycles. The summed E-state index contributed by atoms with van der Waals surface area (Å²) in [5, 5.41) is 2.98. The number of carbonyl (C=O) groups excluding carboxylic acids is 2. The Morgan fingerprint density at radius 2 is 1.65 bits per heavy atom. The van der Waals surface area contributed by atoms with Gasteiger partial charge in [0.1, 0.15) is 12.1 Å². The molecular formula is C18H18BrNO3. The highest BCUT2D eigenvalue weighted by Gasteiger charge is 2.31. The van der Waals surface area contributed by atoms with Gasteiger partial charge >= 0.3 is 5.97 Å². The van der Waals surface area contributed by atoms with E-state index < -0.39 is 18.1 Å². The van der Waals surface area contributed by atoms with Crippen LogP contribution in [-0.4, -0.2) is 24.8 Å². The van der Waals surface area contributed by atoms with Crippen molar-refractivity contribution < 1.29 is 14.3 Å². The van der Waals surface area contributed by atoms with Crippen molar-refractivity contribution in [3.63, 3.8) is 0 Å². The van der Waals surface area contributed by atoms with Gasteiger partial charge in [0.2, 0.25) is 0 Å². The maximum Gasteiger partial charge on any atom is 0.303 e. The lowest BCUT2D eigenvalue weighted by atomic mass is 9.95. The molecule has 0 aliphatic rings. The zero-order chi connectivity index (χ0) is 16.8. The second-order valence-corrected chi connectivity index (χ2v) is 5.99. The molecular weight excluding hydrogens is 358 g/mol. The quantitative estimate of drug-likeness (QED) is 0.619. The minimum Gasteiger partial charge on any atom is -0.455 e. The topological polar surface area (TPSA) is 55.4 Å². The van der Waals surface area contributed by atoms with Crippen molar-refractivity contribution in [1.29, 1.82) is 0 Å². The molecule has 2 unspecified atom stereocenters. The average molecular weight is 376 g/mol. The molecule has 5 heteroatoms. The molecule has 0 aliphatic carbocycles. The summed E-state index contributed by atoms with van der Waals surface area (Å²) in [6.45, 7) is 1.34. The van der Waals surface area contributed by atoms with E-state index in [9.17, 15) is 9.59 Å². The Balaban J connectivity index is 2.35. The van der Waals surface area contributed by atoms with Crippen LogP contribution < -0.4 is 5.32 Å². The Morgan fingerprint density at radius 3 is 2.17 bits per heavy atom. The van der Waals surface area contributed by atoms with Gasteiger partial charge in [-0.1, -0.05) is 58.4 Å². The van der Waals surface area contributed by atoms with Crippen LogP contribution in [0.5, 0.6) is 0 Å². The highest BCUT2D eigenvalue weighted by molar-refractivity contribution is 9.10. The Labute approximate surface area is 144 Å². The molecule has 0 radical (unpaired) electrons. The third kappa shape index (κ3) is 4.50. The van der Waals surface area contributed by atoms with E-state index in [4.69, 9.17) is 4.74 Å². The molecule has 2 aromatic carbocycles. The summed E-state index contributed by atoms with van der Waals surface area (Å²) < 4.78 is 6.32. The second-order valence-electron chi connectivity index (χ2n) is 5.08. The summed E-state index contributed by atoms with van der Waals surface area (Å²) >= 11 is 3.35. The highest BCUT2D eigenvalue weighted by Crippen LogP contribution is 2.24. The number of carbonyl (C=O) groups is 2. The van der Waals surface area contributed by atoms with Crippen LogP contribution >= 0.6 is 15.9 Å². The molecule has 2 aromatic rings. The smallest absolute Gasteiger partial charge is 0.303 e. The number of ketones is 1. The number of hydrogen-bond donors (Lipinski definition) is 1. The van der Waals surface area contributed by atoms with Crippen LogP contribution in [0, 0.1) is 0 Å². The summed E-state index contributed by atoms with van der Waals surface area (Å²) in [5.74, 6) is -0.558. The second kappa shape index (κ2) is 8.04. The zero-order valence-corrected chi connectivity index (χ0v) is 14.5. The molecule has 0 saturated carbocycles. The first kappa shape index (κ1) is 17.4. The van der Waals surface area contributed by atoms with E-state index in [-0.39, 0.29) is 5.78 Å². The molecule has 0 aromatic heterocycles. The summed E-state index contributed by atoms with van der Waals surface area (Å²) in [6.07, 6.45) is -0.685. The number of likely N-dealkylation sites (N-methyl/N-ethyl adjacent to an activating group) is 1. The first-order valence-electron chi connectivity index (χ1n) is 7.22. The third-order valence-electron chi connectivity index (χ3n) is 3.45. The molecule has 2 rings (SSSR count). The number of rotatable bonds is 6. The minimum absolute atomic E-state index is 0.130. The summed E-state index contributed by atoms with van der Waals surface area (Å²) in [5.41, 5.74) is 1.33. The van der Waals surface area contributed by atoms with Gasteiger partial charge in [-0.15, -0.1) is 0 Å². The van der Waals surface area contributed by atoms with Crippen LogP contribution in [0.2, 0.25) is 0 Å². The van der Waals surface area contributed by atoms with E-state index in [1.54, 1.807) is 19.2 Å². The largest absolute Gasteiger partial charge is 0.455 e. The first-order valence-corrected chi connectivity index (χ1v) is 8.01.